The van der Waals surface area contributed by atoms with Gasteiger partial charge in [0.1, 0.15) is 11.6 Å². The van der Waals surface area contributed by atoms with E-state index in [-0.39, 0.29) is 28.7 Å². The van der Waals surface area contributed by atoms with Gasteiger partial charge in [0.2, 0.25) is 0 Å². The summed E-state index contributed by atoms with van der Waals surface area (Å²) in [4.78, 5) is 44.1. The second-order valence-electron chi connectivity index (χ2n) is 10.4. The van der Waals surface area contributed by atoms with E-state index in [9.17, 15) is 18.4 Å². The third-order valence-electron chi connectivity index (χ3n) is 6.98. The van der Waals surface area contributed by atoms with Gasteiger partial charge in [-0.1, -0.05) is 6.07 Å². The number of amides is 2. The van der Waals surface area contributed by atoms with Crippen LogP contribution in [0.2, 0.25) is 0 Å². The molecule has 0 spiro atoms. The topological polar surface area (TPSA) is 126 Å². The maximum atomic E-state index is 14.6. The molecule has 1 saturated heterocycles. The minimum absolute atomic E-state index is 0.0293. The van der Waals surface area contributed by atoms with Gasteiger partial charge in [-0.3, -0.25) is 19.4 Å². The van der Waals surface area contributed by atoms with E-state index >= 15 is 0 Å². The number of halogens is 2. The number of ether oxygens (including phenoxy) is 2. The van der Waals surface area contributed by atoms with Gasteiger partial charge in [-0.05, 0) is 93.8 Å². The van der Waals surface area contributed by atoms with Crippen LogP contribution >= 0.6 is 0 Å². The molecule has 0 aliphatic carbocycles. The van der Waals surface area contributed by atoms with E-state index in [2.05, 4.69) is 30.2 Å². The standard InChI is InChI=1S/C31H31F2N5O3.C2H4O2/c1-20-5-7-24(32)26(15-20)37-31(40)21-6-8-25(33)29(17-21)41-23-9-11-34-28(18-23)27-16-22(19-36-27)30(39)35-10-4-14-38-12-2-3-13-38;1-4-2-3/h5-9,11,15-19,36H,2-4,10,12-14H2,1H3,(H,35,39)(H,37,40);2H,1H3. The van der Waals surface area contributed by atoms with E-state index < -0.39 is 17.5 Å². The number of hydrogen-bond acceptors (Lipinski definition) is 7. The van der Waals surface area contributed by atoms with Crippen LogP contribution < -0.4 is 15.4 Å². The number of rotatable bonds is 11. The van der Waals surface area contributed by atoms with Crippen molar-refractivity contribution in [1.29, 1.82) is 0 Å². The number of H-pyrrole nitrogens is 1. The molecular weight excluding hydrogens is 584 g/mol. The van der Waals surface area contributed by atoms with Crippen LogP contribution in [0, 0.1) is 18.6 Å². The number of nitrogens with zero attached hydrogens (tertiary/aromatic N) is 2. The monoisotopic (exact) mass is 619 g/mol. The first kappa shape index (κ1) is 32.8. The molecule has 2 amide bonds. The fourth-order valence-electron chi connectivity index (χ4n) is 4.69. The van der Waals surface area contributed by atoms with Crippen LogP contribution in [-0.2, 0) is 9.53 Å². The first-order valence-corrected chi connectivity index (χ1v) is 14.4. The Morgan fingerprint density at radius 2 is 1.76 bits per heavy atom. The zero-order chi connectivity index (χ0) is 32.2. The number of aryl methyl sites for hydroxylation is 1. The number of carbonyl (C=O) groups excluding carboxylic acids is 3. The van der Waals surface area contributed by atoms with E-state index in [0.717, 1.165) is 37.7 Å². The molecule has 2 aromatic heterocycles. The lowest BCUT2D eigenvalue weighted by molar-refractivity contribution is -0.126. The first-order chi connectivity index (χ1) is 21.8. The van der Waals surface area contributed by atoms with Gasteiger partial charge >= 0.3 is 0 Å². The van der Waals surface area contributed by atoms with Gasteiger partial charge in [0.15, 0.2) is 11.6 Å². The van der Waals surface area contributed by atoms with Gasteiger partial charge in [0.25, 0.3) is 18.3 Å². The van der Waals surface area contributed by atoms with Crippen LogP contribution in [-0.4, -0.2) is 66.4 Å². The van der Waals surface area contributed by atoms with Crippen LogP contribution in [0.15, 0.2) is 67.0 Å². The summed E-state index contributed by atoms with van der Waals surface area (Å²) >= 11 is 0. The Kier molecular flexibility index (Phi) is 11.7. The Bertz CT molecular complexity index is 1620. The molecule has 0 radical (unpaired) electrons. The summed E-state index contributed by atoms with van der Waals surface area (Å²) in [6, 6.07) is 12.9. The van der Waals surface area contributed by atoms with E-state index in [1.165, 1.54) is 50.4 Å². The molecule has 4 aromatic rings. The number of carbonyl (C=O) groups is 3. The summed E-state index contributed by atoms with van der Waals surface area (Å²) < 4.78 is 38.3. The molecule has 10 nitrogen and oxygen atoms in total. The lowest BCUT2D eigenvalue weighted by Gasteiger charge is -2.14. The number of benzene rings is 2. The highest BCUT2D eigenvalue weighted by Crippen LogP contribution is 2.29. The van der Waals surface area contributed by atoms with Gasteiger partial charge in [-0.25, -0.2) is 8.78 Å². The van der Waals surface area contributed by atoms with Crippen molar-refractivity contribution >= 4 is 24.0 Å². The van der Waals surface area contributed by atoms with Gasteiger partial charge in [0.05, 0.1) is 29.7 Å². The zero-order valence-corrected chi connectivity index (χ0v) is 25.1. The largest absolute Gasteiger partial charge is 0.471 e. The summed E-state index contributed by atoms with van der Waals surface area (Å²) in [5.74, 6) is -1.94. The van der Waals surface area contributed by atoms with Crippen LogP contribution in [0.3, 0.4) is 0 Å². The molecule has 3 N–H and O–H groups in total. The Labute approximate surface area is 259 Å². The van der Waals surface area contributed by atoms with Crippen molar-refractivity contribution in [2.24, 2.45) is 0 Å². The van der Waals surface area contributed by atoms with Gasteiger partial charge in [0, 0.05) is 30.6 Å². The van der Waals surface area contributed by atoms with Crippen LogP contribution in [0.5, 0.6) is 11.5 Å². The molecule has 1 fully saturated rings. The van der Waals surface area contributed by atoms with Crippen molar-refractivity contribution < 1.29 is 32.6 Å². The molecule has 1 aliphatic heterocycles. The third kappa shape index (κ3) is 9.44. The highest BCUT2D eigenvalue weighted by atomic mass is 19.1. The molecule has 236 valence electrons. The fourth-order valence-corrected chi connectivity index (χ4v) is 4.69. The molecule has 45 heavy (non-hydrogen) atoms. The highest BCUT2D eigenvalue weighted by molar-refractivity contribution is 6.04. The average Bonchev–Trinajstić information content (AvgIpc) is 3.76. The number of nitrogens with one attached hydrogen (secondary N) is 3. The van der Waals surface area contributed by atoms with Crippen molar-refractivity contribution in [3.05, 3.63) is 95.3 Å². The Balaban J connectivity index is 0.00000109. The number of anilines is 1. The number of aromatic nitrogens is 2. The van der Waals surface area contributed by atoms with Gasteiger partial charge in [-0.15, -0.1) is 0 Å². The Hall–Kier alpha value is -5.10. The number of pyridine rings is 1. The predicted molar refractivity (Wildman–Crippen MR) is 165 cm³/mol. The molecule has 0 atom stereocenters. The molecule has 3 heterocycles. The van der Waals surface area contributed by atoms with Crippen LogP contribution in [0.25, 0.3) is 11.4 Å². The van der Waals surface area contributed by atoms with Crippen LogP contribution in [0.4, 0.5) is 14.5 Å². The number of aromatic amines is 1. The third-order valence-corrected chi connectivity index (χ3v) is 6.98. The van der Waals surface area contributed by atoms with Gasteiger partial charge in [-0.2, -0.15) is 0 Å². The zero-order valence-electron chi connectivity index (χ0n) is 25.1. The SMILES string of the molecule is COC=O.Cc1ccc(F)c(NC(=O)c2ccc(F)c(Oc3ccnc(-c4cc(C(=O)NCCCN5CCCC5)c[nH]4)c3)c2)c1. The van der Waals surface area contributed by atoms with Crippen molar-refractivity contribution in [3.8, 4) is 22.9 Å². The molecule has 0 bridgehead atoms. The summed E-state index contributed by atoms with van der Waals surface area (Å²) in [7, 11) is 1.31. The minimum Gasteiger partial charge on any atom is -0.471 e. The van der Waals surface area contributed by atoms with E-state index in [1.54, 1.807) is 37.4 Å². The Morgan fingerprint density at radius 1 is 1.00 bits per heavy atom. The normalized spacial score (nSPS) is 12.5. The van der Waals surface area contributed by atoms with E-state index in [1.807, 2.05) is 0 Å². The smallest absolute Gasteiger partial charge is 0.292 e. The van der Waals surface area contributed by atoms with Crippen molar-refractivity contribution in [1.82, 2.24) is 20.2 Å². The molecule has 12 heteroatoms. The molecule has 2 aromatic carbocycles. The second kappa shape index (κ2) is 16.1. The summed E-state index contributed by atoms with van der Waals surface area (Å²) in [6.07, 6.45) is 6.49. The van der Waals surface area contributed by atoms with Crippen molar-refractivity contribution in [3.63, 3.8) is 0 Å². The molecule has 1 aliphatic rings. The van der Waals surface area contributed by atoms with Gasteiger partial charge < -0.3 is 30.0 Å². The first-order valence-electron chi connectivity index (χ1n) is 14.4. The van der Waals surface area contributed by atoms with Crippen LogP contribution in [0.1, 0.15) is 45.5 Å². The highest BCUT2D eigenvalue weighted by Gasteiger charge is 2.16. The fraction of sp³-hybridized carbons (Fsp3) is 0.273. The lowest BCUT2D eigenvalue weighted by atomic mass is 10.1. The van der Waals surface area contributed by atoms with Crippen molar-refractivity contribution in [2.75, 3.05) is 38.6 Å². The predicted octanol–water partition coefficient (Wildman–Crippen LogP) is 5.71. The lowest BCUT2D eigenvalue weighted by Crippen LogP contribution is -2.28. The maximum absolute atomic E-state index is 14.6. The molecule has 0 saturated carbocycles. The number of hydrogen-bond donors (Lipinski definition) is 3. The van der Waals surface area contributed by atoms with E-state index in [0.29, 0.717) is 30.0 Å². The molecule has 0 unspecified atom stereocenters. The Morgan fingerprint density at radius 3 is 2.51 bits per heavy atom. The average molecular weight is 620 g/mol. The number of likely N-dealkylation sites (tertiary alicyclic amines) is 1. The maximum Gasteiger partial charge on any atom is 0.292 e. The minimum atomic E-state index is -0.676. The second-order valence-corrected chi connectivity index (χ2v) is 10.4. The van der Waals surface area contributed by atoms with E-state index in [4.69, 9.17) is 9.53 Å². The quantitative estimate of drug-likeness (QED) is 0.145. The summed E-state index contributed by atoms with van der Waals surface area (Å²) in [5, 5.41) is 5.46. The molecule has 5 rings (SSSR count). The summed E-state index contributed by atoms with van der Waals surface area (Å²) in [6.45, 7) is 6.00. The summed E-state index contributed by atoms with van der Waals surface area (Å²) in [5.41, 5.74) is 2.45. The van der Waals surface area contributed by atoms with Crippen molar-refractivity contribution in [2.45, 2.75) is 26.2 Å². The molecular formula is C33H35F2N5O5. The number of methoxy groups -OCH3 is 1.